The Labute approximate surface area is 173 Å². The predicted molar refractivity (Wildman–Crippen MR) is 115 cm³/mol. The number of aromatic nitrogens is 4. The SMILES string of the molecule is CC(C)(O)Cn1cc(-c2cc(-c3cnc(N)cn3)ccc2-c2cccc(F)c2)cn1. The maximum absolute atomic E-state index is 13.9. The molecule has 0 amide bonds. The van der Waals surface area contributed by atoms with Gasteiger partial charge in [0.25, 0.3) is 0 Å². The van der Waals surface area contributed by atoms with Gasteiger partial charge in [0, 0.05) is 17.3 Å². The molecule has 0 aliphatic rings. The molecule has 2 aromatic carbocycles. The van der Waals surface area contributed by atoms with Gasteiger partial charge in [-0.1, -0.05) is 24.3 Å². The van der Waals surface area contributed by atoms with E-state index in [0.717, 1.165) is 27.8 Å². The van der Waals surface area contributed by atoms with Gasteiger partial charge in [-0.3, -0.25) is 9.67 Å². The van der Waals surface area contributed by atoms with Gasteiger partial charge in [-0.25, -0.2) is 9.37 Å². The molecule has 0 atom stereocenters. The lowest BCUT2D eigenvalue weighted by Gasteiger charge is -2.16. The molecule has 0 spiro atoms. The number of benzene rings is 2. The summed E-state index contributed by atoms with van der Waals surface area (Å²) in [5.74, 6) is 0.0490. The quantitative estimate of drug-likeness (QED) is 0.522. The zero-order chi connectivity index (χ0) is 21.3. The van der Waals surface area contributed by atoms with Gasteiger partial charge in [-0.2, -0.15) is 5.10 Å². The van der Waals surface area contributed by atoms with Crippen LogP contribution in [0.1, 0.15) is 13.8 Å². The van der Waals surface area contributed by atoms with Crippen LogP contribution in [0.2, 0.25) is 0 Å². The molecular weight excluding hydrogens is 381 g/mol. The highest BCUT2D eigenvalue weighted by molar-refractivity contribution is 5.86. The molecule has 0 saturated heterocycles. The number of hydrogen-bond donors (Lipinski definition) is 2. The van der Waals surface area contributed by atoms with Crippen molar-refractivity contribution in [3.63, 3.8) is 0 Å². The maximum Gasteiger partial charge on any atom is 0.141 e. The number of aliphatic hydroxyl groups is 1. The van der Waals surface area contributed by atoms with Crippen molar-refractivity contribution in [3.05, 3.63) is 73.1 Å². The van der Waals surface area contributed by atoms with Gasteiger partial charge in [-0.05, 0) is 48.7 Å². The Hall–Kier alpha value is -3.58. The van der Waals surface area contributed by atoms with E-state index in [-0.39, 0.29) is 5.82 Å². The van der Waals surface area contributed by atoms with Gasteiger partial charge in [0.1, 0.15) is 11.6 Å². The molecule has 4 rings (SSSR count). The number of anilines is 1. The van der Waals surface area contributed by atoms with Crippen LogP contribution in [0.5, 0.6) is 0 Å². The van der Waals surface area contributed by atoms with Crippen molar-refractivity contribution >= 4 is 5.82 Å². The molecule has 4 aromatic rings. The summed E-state index contributed by atoms with van der Waals surface area (Å²) in [6.45, 7) is 3.81. The summed E-state index contributed by atoms with van der Waals surface area (Å²) < 4.78 is 15.6. The fourth-order valence-electron chi connectivity index (χ4n) is 3.32. The predicted octanol–water partition coefficient (Wildman–Crippen LogP) is 4.17. The first-order chi connectivity index (χ1) is 14.3. The van der Waals surface area contributed by atoms with E-state index in [0.29, 0.717) is 18.1 Å². The average Bonchev–Trinajstić information content (AvgIpc) is 3.15. The first-order valence-corrected chi connectivity index (χ1v) is 9.52. The van der Waals surface area contributed by atoms with Gasteiger partial charge in [0.2, 0.25) is 0 Å². The van der Waals surface area contributed by atoms with Crippen LogP contribution in [0.4, 0.5) is 10.2 Å². The van der Waals surface area contributed by atoms with E-state index in [1.807, 2.05) is 30.5 Å². The first-order valence-electron chi connectivity index (χ1n) is 9.52. The molecule has 0 aliphatic heterocycles. The second-order valence-electron chi connectivity index (χ2n) is 7.84. The summed E-state index contributed by atoms with van der Waals surface area (Å²) in [5, 5.41) is 14.5. The molecule has 30 heavy (non-hydrogen) atoms. The Morgan fingerprint density at radius 2 is 1.80 bits per heavy atom. The van der Waals surface area contributed by atoms with E-state index in [4.69, 9.17) is 5.73 Å². The van der Waals surface area contributed by atoms with Crippen molar-refractivity contribution < 1.29 is 9.50 Å². The second-order valence-corrected chi connectivity index (χ2v) is 7.84. The van der Waals surface area contributed by atoms with Crippen LogP contribution in [-0.4, -0.2) is 30.5 Å². The molecule has 0 radical (unpaired) electrons. The topological polar surface area (TPSA) is 89.8 Å². The highest BCUT2D eigenvalue weighted by Crippen LogP contribution is 2.35. The van der Waals surface area contributed by atoms with Crippen LogP contribution in [0.3, 0.4) is 0 Å². The summed E-state index contributed by atoms with van der Waals surface area (Å²) in [4.78, 5) is 8.47. The second kappa shape index (κ2) is 7.68. The third-order valence-corrected chi connectivity index (χ3v) is 4.62. The maximum atomic E-state index is 13.9. The largest absolute Gasteiger partial charge is 0.389 e. The van der Waals surface area contributed by atoms with Gasteiger partial charge in [0.05, 0.1) is 36.4 Å². The van der Waals surface area contributed by atoms with E-state index in [1.54, 1.807) is 37.0 Å². The molecule has 0 saturated carbocycles. The normalized spacial score (nSPS) is 11.6. The third-order valence-electron chi connectivity index (χ3n) is 4.62. The van der Waals surface area contributed by atoms with E-state index in [1.165, 1.54) is 18.3 Å². The molecular formula is C23H22FN5O. The minimum Gasteiger partial charge on any atom is -0.389 e. The van der Waals surface area contributed by atoms with E-state index in [2.05, 4.69) is 15.1 Å². The average molecular weight is 403 g/mol. The monoisotopic (exact) mass is 403 g/mol. The third kappa shape index (κ3) is 4.36. The van der Waals surface area contributed by atoms with Gasteiger partial charge >= 0.3 is 0 Å². The van der Waals surface area contributed by atoms with Crippen LogP contribution in [-0.2, 0) is 6.54 Å². The van der Waals surface area contributed by atoms with Crippen LogP contribution in [0.15, 0.2) is 67.3 Å². The fourth-order valence-corrected chi connectivity index (χ4v) is 3.32. The van der Waals surface area contributed by atoms with E-state index < -0.39 is 5.60 Å². The first kappa shape index (κ1) is 19.7. The number of nitrogens with two attached hydrogens (primary N) is 1. The van der Waals surface area contributed by atoms with Gasteiger partial charge < -0.3 is 10.8 Å². The summed E-state index contributed by atoms with van der Waals surface area (Å²) in [7, 11) is 0. The highest BCUT2D eigenvalue weighted by Gasteiger charge is 2.16. The molecule has 152 valence electrons. The highest BCUT2D eigenvalue weighted by atomic mass is 19.1. The zero-order valence-electron chi connectivity index (χ0n) is 16.7. The molecule has 7 heteroatoms. The lowest BCUT2D eigenvalue weighted by Crippen LogP contribution is -2.26. The Morgan fingerprint density at radius 3 is 2.50 bits per heavy atom. The number of hydrogen-bond acceptors (Lipinski definition) is 5. The standard InChI is InChI=1S/C23H22FN5O/c1-23(2,30)14-29-13-17(10-28-29)20-9-16(21-11-27-22(25)12-26-21)6-7-19(20)15-4-3-5-18(24)8-15/h3-13,30H,14H2,1-2H3,(H2,25,27). The minimum absolute atomic E-state index is 0.301. The molecule has 0 fully saturated rings. The van der Waals surface area contributed by atoms with Crippen molar-refractivity contribution in [2.45, 2.75) is 26.0 Å². The fraction of sp³-hybridized carbons (Fsp3) is 0.174. The summed E-state index contributed by atoms with van der Waals surface area (Å²) in [5.41, 5.74) is 9.64. The number of halogens is 1. The smallest absolute Gasteiger partial charge is 0.141 e. The van der Waals surface area contributed by atoms with Crippen LogP contribution in [0.25, 0.3) is 33.5 Å². The van der Waals surface area contributed by atoms with Crippen molar-refractivity contribution in [2.24, 2.45) is 0 Å². The Balaban J connectivity index is 1.84. The number of nitrogen functional groups attached to an aromatic ring is 1. The lowest BCUT2D eigenvalue weighted by atomic mass is 9.93. The molecule has 6 nitrogen and oxygen atoms in total. The molecule has 3 N–H and O–H groups in total. The van der Waals surface area contributed by atoms with Gasteiger partial charge in [-0.15, -0.1) is 0 Å². The van der Waals surface area contributed by atoms with Gasteiger partial charge in [0.15, 0.2) is 0 Å². The van der Waals surface area contributed by atoms with Crippen LogP contribution >= 0.6 is 0 Å². The number of rotatable bonds is 5. The Bertz CT molecular complexity index is 1180. The summed E-state index contributed by atoms with van der Waals surface area (Å²) in [6.07, 6.45) is 6.74. The minimum atomic E-state index is -0.893. The zero-order valence-corrected chi connectivity index (χ0v) is 16.7. The lowest BCUT2D eigenvalue weighted by molar-refractivity contribution is 0.0577. The summed E-state index contributed by atoms with van der Waals surface area (Å²) >= 11 is 0. The molecule has 2 aromatic heterocycles. The number of nitrogens with zero attached hydrogens (tertiary/aromatic N) is 4. The van der Waals surface area contributed by atoms with Crippen molar-refractivity contribution in [2.75, 3.05) is 5.73 Å². The van der Waals surface area contributed by atoms with Crippen LogP contribution in [0, 0.1) is 5.82 Å². The van der Waals surface area contributed by atoms with Crippen LogP contribution < -0.4 is 5.73 Å². The molecule has 0 aliphatic carbocycles. The van der Waals surface area contributed by atoms with Crippen molar-refractivity contribution in [1.29, 1.82) is 0 Å². The Kier molecular flexibility index (Phi) is 5.05. The Morgan fingerprint density at radius 1 is 0.967 bits per heavy atom. The van der Waals surface area contributed by atoms with Crippen molar-refractivity contribution in [1.82, 2.24) is 19.7 Å². The summed E-state index contributed by atoms with van der Waals surface area (Å²) in [6, 6.07) is 12.3. The molecule has 0 unspecified atom stereocenters. The molecule has 2 heterocycles. The van der Waals surface area contributed by atoms with Crippen molar-refractivity contribution in [3.8, 4) is 33.5 Å². The van der Waals surface area contributed by atoms with E-state index in [9.17, 15) is 9.50 Å². The van der Waals surface area contributed by atoms with E-state index >= 15 is 0 Å². The molecule has 0 bridgehead atoms.